The maximum absolute atomic E-state index is 4.73. The first-order valence-electron chi connectivity index (χ1n) is 3.73. The van der Waals surface area contributed by atoms with E-state index in [2.05, 4.69) is 17.3 Å². The second-order valence-electron chi connectivity index (χ2n) is 2.50. The second-order valence-corrected chi connectivity index (χ2v) is 2.50. The molecule has 1 saturated heterocycles. The molecule has 0 aromatic heterocycles. The summed E-state index contributed by atoms with van der Waals surface area (Å²) in [5.74, 6) is 0. The molecular formula is C7H15N2O. The summed E-state index contributed by atoms with van der Waals surface area (Å²) in [6.45, 7) is 6.27. The van der Waals surface area contributed by atoms with Crippen molar-refractivity contribution in [1.82, 2.24) is 10.2 Å². The van der Waals surface area contributed by atoms with Gasteiger partial charge >= 0.3 is 0 Å². The fourth-order valence-corrected chi connectivity index (χ4v) is 1.13. The van der Waals surface area contributed by atoms with Gasteiger partial charge in [-0.25, -0.2) is 0 Å². The number of ether oxygens (including phenoxy) is 1. The minimum absolute atomic E-state index is 0.750. The Morgan fingerprint density at radius 1 is 1.40 bits per heavy atom. The Labute approximate surface area is 62.3 Å². The molecule has 0 atom stereocenters. The van der Waals surface area contributed by atoms with E-state index in [9.17, 15) is 0 Å². The van der Waals surface area contributed by atoms with Gasteiger partial charge in [0, 0.05) is 32.7 Å². The van der Waals surface area contributed by atoms with Crippen molar-refractivity contribution in [3.8, 4) is 0 Å². The Morgan fingerprint density at radius 2 is 2.10 bits per heavy atom. The van der Waals surface area contributed by atoms with Gasteiger partial charge in [0.15, 0.2) is 0 Å². The first-order valence-corrected chi connectivity index (χ1v) is 3.73. The predicted molar refractivity (Wildman–Crippen MR) is 40.6 cm³/mol. The zero-order chi connectivity index (χ0) is 7.23. The van der Waals surface area contributed by atoms with Gasteiger partial charge in [-0.3, -0.25) is 4.90 Å². The molecule has 0 unspecified atom stereocenters. The number of hydrogen-bond acceptors (Lipinski definition) is 3. The van der Waals surface area contributed by atoms with Gasteiger partial charge in [-0.1, -0.05) is 0 Å². The van der Waals surface area contributed by atoms with Crippen molar-refractivity contribution < 1.29 is 4.74 Å². The first-order chi connectivity index (χ1) is 4.93. The quantitative estimate of drug-likeness (QED) is 0.587. The molecule has 1 aliphatic rings. The van der Waals surface area contributed by atoms with Crippen molar-refractivity contribution in [2.75, 3.05) is 39.3 Å². The van der Waals surface area contributed by atoms with Gasteiger partial charge in [0.25, 0.3) is 0 Å². The molecule has 59 valence electrons. The van der Waals surface area contributed by atoms with Crippen molar-refractivity contribution in [2.24, 2.45) is 0 Å². The van der Waals surface area contributed by atoms with Crippen molar-refractivity contribution in [3.05, 3.63) is 7.11 Å². The van der Waals surface area contributed by atoms with Crippen LogP contribution in [0.15, 0.2) is 0 Å². The zero-order valence-electron chi connectivity index (χ0n) is 6.31. The summed E-state index contributed by atoms with van der Waals surface area (Å²) in [6, 6.07) is 0. The zero-order valence-corrected chi connectivity index (χ0v) is 6.31. The van der Waals surface area contributed by atoms with Crippen molar-refractivity contribution in [2.45, 2.75) is 0 Å². The molecule has 0 amide bonds. The highest BCUT2D eigenvalue weighted by molar-refractivity contribution is 4.66. The lowest BCUT2D eigenvalue weighted by molar-refractivity contribution is 0.162. The number of piperazine rings is 1. The van der Waals surface area contributed by atoms with Gasteiger partial charge < -0.3 is 10.1 Å². The van der Waals surface area contributed by atoms with Gasteiger partial charge in [-0.15, -0.1) is 0 Å². The van der Waals surface area contributed by atoms with Crippen LogP contribution in [0.1, 0.15) is 0 Å². The average molecular weight is 143 g/mol. The maximum atomic E-state index is 4.73. The van der Waals surface area contributed by atoms with Gasteiger partial charge in [0.2, 0.25) is 0 Å². The lowest BCUT2D eigenvalue weighted by atomic mass is 10.4. The Morgan fingerprint density at radius 3 is 2.70 bits per heavy atom. The molecule has 10 heavy (non-hydrogen) atoms. The van der Waals surface area contributed by atoms with Crippen LogP contribution in [0, 0.1) is 7.11 Å². The van der Waals surface area contributed by atoms with E-state index < -0.39 is 0 Å². The monoisotopic (exact) mass is 143 g/mol. The van der Waals surface area contributed by atoms with Crippen LogP contribution >= 0.6 is 0 Å². The summed E-state index contributed by atoms with van der Waals surface area (Å²) in [7, 11) is 3.33. The van der Waals surface area contributed by atoms with E-state index in [0.29, 0.717) is 0 Å². The molecule has 1 N–H and O–H groups in total. The van der Waals surface area contributed by atoms with Crippen LogP contribution in [0.5, 0.6) is 0 Å². The lowest BCUT2D eigenvalue weighted by Gasteiger charge is -2.26. The third-order valence-electron chi connectivity index (χ3n) is 1.76. The summed E-state index contributed by atoms with van der Waals surface area (Å²) < 4.78 is 4.73. The average Bonchev–Trinajstić information content (AvgIpc) is 2.03. The molecule has 0 saturated carbocycles. The minimum atomic E-state index is 0.750. The Bertz CT molecular complexity index is 81.7. The van der Waals surface area contributed by atoms with E-state index in [1.807, 2.05) is 0 Å². The van der Waals surface area contributed by atoms with E-state index in [1.54, 1.807) is 0 Å². The van der Waals surface area contributed by atoms with E-state index in [1.165, 1.54) is 0 Å². The highest BCUT2D eigenvalue weighted by atomic mass is 16.5. The number of hydrogen-bond donors (Lipinski definition) is 1. The van der Waals surface area contributed by atoms with E-state index in [0.717, 1.165) is 39.3 Å². The van der Waals surface area contributed by atoms with E-state index in [-0.39, 0.29) is 0 Å². The topological polar surface area (TPSA) is 24.5 Å². The predicted octanol–water partition coefficient (Wildman–Crippen LogP) is -0.300. The largest absolute Gasteiger partial charge is 0.378 e. The van der Waals surface area contributed by atoms with Crippen LogP contribution in [-0.4, -0.2) is 44.2 Å². The van der Waals surface area contributed by atoms with Gasteiger partial charge in [0.05, 0.1) is 13.7 Å². The molecule has 0 bridgehead atoms. The lowest BCUT2D eigenvalue weighted by Crippen LogP contribution is -2.44. The summed E-state index contributed by atoms with van der Waals surface area (Å²) in [5, 5.41) is 3.29. The Hall–Kier alpha value is -0.120. The Balaban J connectivity index is 2.02. The highest BCUT2D eigenvalue weighted by Gasteiger charge is 2.07. The summed E-state index contributed by atoms with van der Waals surface area (Å²) in [4.78, 5) is 2.38. The molecule has 0 spiro atoms. The molecular weight excluding hydrogens is 128 g/mol. The SMILES string of the molecule is [CH2]OCCN1CCNCC1. The fourth-order valence-electron chi connectivity index (χ4n) is 1.13. The van der Waals surface area contributed by atoms with Crippen LogP contribution in [0.3, 0.4) is 0 Å². The van der Waals surface area contributed by atoms with Crippen LogP contribution < -0.4 is 5.32 Å². The molecule has 3 nitrogen and oxygen atoms in total. The fraction of sp³-hybridized carbons (Fsp3) is 0.857. The molecule has 1 heterocycles. The highest BCUT2D eigenvalue weighted by Crippen LogP contribution is 1.90. The van der Waals surface area contributed by atoms with Gasteiger partial charge in [0.1, 0.15) is 0 Å². The second kappa shape index (κ2) is 4.66. The molecule has 1 rings (SSSR count). The number of nitrogens with zero attached hydrogens (tertiary/aromatic N) is 1. The molecule has 3 heteroatoms. The summed E-state index contributed by atoms with van der Waals surface area (Å²) >= 11 is 0. The number of nitrogens with one attached hydrogen (secondary N) is 1. The summed E-state index contributed by atoms with van der Waals surface area (Å²) in [5.41, 5.74) is 0. The van der Waals surface area contributed by atoms with Crippen LogP contribution in [-0.2, 0) is 4.74 Å². The molecule has 1 fully saturated rings. The minimum Gasteiger partial charge on any atom is -0.378 e. The number of rotatable bonds is 3. The van der Waals surface area contributed by atoms with E-state index >= 15 is 0 Å². The van der Waals surface area contributed by atoms with Crippen molar-refractivity contribution in [1.29, 1.82) is 0 Å². The van der Waals surface area contributed by atoms with Crippen molar-refractivity contribution in [3.63, 3.8) is 0 Å². The molecule has 0 aromatic rings. The third kappa shape index (κ3) is 2.64. The standard InChI is InChI=1S/C7H15N2O/c1-10-7-6-9-4-2-8-3-5-9/h8H,1-7H2. The van der Waals surface area contributed by atoms with Crippen LogP contribution in [0.2, 0.25) is 0 Å². The molecule has 1 aliphatic heterocycles. The third-order valence-corrected chi connectivity index (χ3v) is 1.76. The molecule has 1 radical (unpaired) electrons. The molecule has 0 aliphatic carbocycles. The first kappa shape index (κ1) is 7.98. The van der Waals surface area contributed by atoms with Crippen LogP contribution in [0.25, 0.3) is 0 Å². The van der Waals surface area contributed by atoms with Crippen molar-refractivity contribution >= 4 is 0 Å². The normalized spacial score (nSPS) is 21.3. The van der Waals surface area contributed by atoms with E-state index in [4.69, 9.17) is 4.74 Å². The smallest absolute Gasteiger partial charge is 0.0701 e. The van der Waals surface area contributed by atoms with Crippen LogP contribution in [0.4, 0.5) is 0 Å². The maximum Gasteiger partial charge on any atom is 0.0701 e. The van der Waals surface area contributed by atoms with Gasteiger partial charge in [-0.05, 0) is 0 Å². The summed E-state index contributed by atoms with van der Waals surface area (Å²) in [6.07, 6.45) is 0. The Kier molecular flexibility index (Phi) is 3.72. The van der Waals surface area contributed by atoms with Gasteiger partial charge in [-0.2, -0.15) is 0 Å². The molecule has 0 aromatic carbocycles.